The van der Waals surface area contributed by atoms with Crippen molar-refractivity contribution < 1.29 is 47.6 Å². The Labute approximate surface area is 235 Å². The topological polar surface area (TPSA) is 129 Å². The van der Waals surface area contributed by atoms with Crippen LogP contribution in [-0.2, 0) is 25.7 Å². The number of aromatic nitrogens is 1. The van der Waals surface area contributed by atoms with Gasteiger partial charge in [-0.3, -0.25) is 9.59 Å². The molecule has 0 bridgehead atoms. The van der Waals surface area contributed by atoms with E-state index in [4.69, 9.17) is 9.47 Å². The first-order valence-corrected chi connectivity index (χ1v) is 14.5. The van der Waals surface area contributed by atoms with Gasteiger partial charge in [0.25, 0.3) is 0 Å². The molecule has 9 atom stereocenters. The molecule has 1 aromatic heterocycles. The number of carbonyl (C=O) groups is 2. The lowest BCUT2D eigenvalue weighted by molar-refractivity contribution is -0.187. The molecule has 3 fully saturated rings. The maximum atomic E-state index is 14.4. The van der Waals surface area contributed by atoms with Crippen LogP contribution < -0.4 is 0 Å². The predicted molar refractivity (Wildman–Crippen MR) is 140 cm³/mol. The van der Waals surface area contributed by atoms with Gasteiger partial charge in [0.05, 0.1) is 36.3 Å². The van der Waals surface area contributed by atoms with Crippen LogP contribution in [0.25, 0.3) is 6.08 Å². The number of nitrogens with zero attached hydrogens (tertiary/aromatic N) is 1. The number of ether oxygens (including phenoxy) is 2. The van der Waals surface area contributed by atoms with Crippen LogP contribution in [0.15, 0.2) is 11.0 Å². The number of fused-ring (bicyclic) bond motifs is 2. The van der Waals surface area contributed by atoms with Crippen molar-refractivity contribution >= 4 is 29.2 Å². The van der Waals surface area contributed by atoms with Crippen molar-refractivity contribution in [3.05, 3.63) is 21.7 Å². The molecule has 3 N–H and O–H groups in total. The molecule has 2 saturated heterocycles. The number of cyclic esters (lactones) is 1. The summed E-state index contributed by atoms with van der Waals surface area (Å²) in [6.45, 7) is 7.63. The van der Waals surface area contributed by atoms with Gasteiger partial charge in [0, 0.05) is 17.7 Å². The minimum absolute atomic E-state index is 0.198. The molecule has 40 heavy (non-hydrogen) atoms. The van der Waals surface area contributed by atoms with Gasteiger partial charge < -0.3 is 24.8 Å². The Morgan fingerprint density at radius 3 is 2.50 bits per heavy atom. The maximum absolute atomic E-state index is 14.4. The number of ketones is 1. The lowest BCUT2D eigenvalue weighted by Gasteiger charge is -2.34. The zero-order valence-corrected chi connectivity index (χ0v) is 24.1. The number of epoxide rings is 1. The van der Waals surface area contributed by atoms with E-state index < -0.39 is 71.6 Å². The molecule has 0 radical (unpaired) electrons. The first-order valence-electron chi connectivity index (χ1n) is 13.6. The number of rotatable bonds is 3. The fourth-order valence-electron chi connectivity index (χ4n) is 6.09. The molecule has 8 nitrogen and oxygen atoms in total. The summed E-state index contributed by atoms with van der Waals surface area (Å²) in [6.07, 6.45) is -8.58. The number of carbonyl (C=O) groups excluding carboxylic acids is 2. The van der Waals surface area contributed by atoms with Gasteiger partial charge in [0.2, 0.25) is 0 Å². The molecule has 1 aliphatic carbocycles. The monoisotopic (exact) mass is 589 g/mol. The summed E-state index contributed by atoms with van der Waals surface area (Å²) in [5, 5.41) is 33.3. The summed E-state index contributed by atoms with van der Waals surface area (Å²) in [5.41, 5.74) is -2.88. The van der Waals surface area contributed by atoms with Gasteiger partial charge in [-0.05, 0) is 49.2 Å². The second kappa shape index (κ2) is 11.1. The number of alkyl halides is 3. The van der Waals surface area contributed by atoms with E-state index in [1.165, 1.54) is 25.2 Å². The molecule has 1 aromatic rings. The van der Waals surface area contributed by atoms with Gasteiger partial charge in [-0.25, -0.2) is 4.98 Å². The highest BCUT2D eigenvalue weighted by molar-refractivity contribution is 7.09. The standard InChI is InChI=1S/C28H38F3NO7S/c1-13(6-17-12-40-22(11-33)32-17)19-8-21-27(39-21,28(29,30)31)10-16-7-18(16)14(2)24(36)15(3)25(37)26(4,5)20(34)9-23(35)38-19/h6,12,14-16,18-21,24,33-34,36H,7-11H2,1-5H3/b13-6+/t14-,15+,16?,18?,19-,20-,21?,24-,27?/m0/s1. The molecular weight excluding hydrogens is 551 g/mol. The summed E-state index contributed by atoms with van der Waals surface area (Å²) in [5.74, 6) is -3.19. The molecule has 3 aliphatic rings. The number of aliphatic hydroxyl groups excluding tert-OH is 3. The van der Waals surface area contributed by atoms with Gasteiger partial charge in [0.1, 0.15) is 23.0 Å². The smallest absolute Gasteiger partial charge is 0.420 e. The summed E-state index contributed by atoms with van der Waals surface area (Å²) in [4.78, 5) is 30.5. The normalized spacial score (nSPS) is 39.2. The van der Waals surface area contributed by atoms with Gasteiger partial charge in [-0.15, -0.1) is 11.3 Å². The SMILES string of the molecule is C/C(=C\c1csc(CO)n1)[C@@H]1CC2OC2(C(F)(F)F)CC2CC2[C@H](C)[C@H](O)[C@@H](C)C(=O)C(C)(C)[C@@H](O)CC(=O)O1. The van der Waals surface area contributed by atoms with Crippen molar-refractivity contribution in [3.8, 4) is 0 Å². The Balaban J connectivity index is 1.66. The van der Waals surface area contributed by atoms with Crippen LogP contribution in [0.4, 0.5) is 13.2 Å². The predicted octanol–water partition coefficient (Wildman–Crippen LogP) is 4.06. The van der Waals surface area contributed by atoms with Gasteiger partial charge in [0.15, 0.2) is 5.60 Å². The number of thiazole rings is 1. The number of esters is 1. The zero-order chi connectivity index (χ0) is 29.8. The third-order valence-electron chi connectivity index (χ3n) is 9.10. The van der Waals surface area contributed by atoms with Crippen molar-refractivity contribution in [2.45, 2.75) is 103 Å². The van der Waals surface area contributed by atoms with E-state index in [2.05, 4.69) is 4.98 Å². The van der Waals surface area contributed by atoms with Crippen molar-refractivity contribution in [1.29, 1.82) is 0 Å². The average Bonchev–Trinajstić information content (AvgIpc) is 3.75. The second-order valence-corrected chi connectivity index (χ2v) is 13.2. The van der Waals surface area contributed by atoms with E-state index in [1.54, 1.807) is 32.2 Å². The first kappa shape index (κ1) is 31.1. The van der Waals surface area contributed by atoms with E-state index >= 15 is 0 Å². The highest BCUT2D eigenvalue weighted by Crippen LogP contribution is 2.61. The lowest BCUT2D eigenvalue weighted by Crippen LogP contribution is -2.46. The number of aliphatic hydroxyl groups is 3. The molecule has 4 unspecified atom stereocenters. The highest BCUT2D eigenvalue weighted by atomic mass is 32.1. The maximum Gasteiger partial charge on any atom is 0.420 e. The Hall–Kier alpha value is -1.86. The van der Waals surface area contributed by atoms with Crippen molar-refractivity contribution in [3.63, 3.8) is 0 Å². The molecule has 3 heterocycles. The minimum Gasteiger partial charge on any atom is -0.458 e. The minimum atomic E-state index is -4.65. The fourth-order valence-corrected chi connectivity index (χ4v) is 6.70. The molecule has 2 aliphatic heterocycles. The summed E-state index contributed by atoms with van der Waals surface area (Å²) in [7, 11) is 0. The van der Waals surface area contributed by atoms with Gasteiger partial charge in [-0.2, -0.15) is 13.2 Å². The highest BCUT2D eigenvalue weighted by Gasteiger charge is 2.74. The zero-order valence-electron chi connectivity index (χ0n) is 23.3. The Morgan fingerprint density at radius 2 is 1.90 bits per heavy atom. The van der Waals surface area contributed by atoms with Crippen LogP contribution in [0, 0.1) is 29.1 Å². The molecule has 0 spiro atoms. The van der Waals surface area contributed by atoms with E-state index in [0.717, 1.165) is 0 Å². The Kier molecular flexibility index (Phi) is 8.62. The van der Waals surface area contributed by atoms with Gasteiger partial charge >= 0.3 is 12.1 Å². The lowest BCUT2D eigenvalue weighted by atomic mass is 9.72. The quantitative estimate of drug-likeness (QED) is 0.356. The Bertz CT molecular complexity index is 1150. The summed E-state index contributed by atoms with van der Waals surface area (Å²) < 4.78 is 54.1. The van der Waals surface area contributed by atoms with E-state index in [9.17, 15) is 38.1 Å². The third-order valence-corrected chi connectivity index (χ3v) is 9.95. The van der Waals surface area contributed by atoms with Gasteiger partial charge in [-0.1, -0.05) is 27.7 Å². The first-order chi connectivity index (χ1) is 18.5. The summed E-state index contributed by atoms with van der Waals surface area (Å²) >= 11 is 1.21. The Morgan fingerprint density at radius 1 is 1.23 bits per heavy atom. The average molecular weight is 590 g/mol. The number of halogens is 3. The molecule has 1 saturated carbocycles. The van der Waals surface area contributed by atoms with E-state index in [1.807, 2.05) is 0 Å². The van der Waals surface area contributed by atoms with Crippen molar-refractivity contribution in [1.82, 2.24) is 4.98 Å². The molecule has 224 valence electrons. The van der Waals surface area contributed by atoms with E-state index in [-0.39, 0.29) is 31.3 Å². The fraction of sp³-hybridized carbons (Fsp3) is 0.750. The van der Waals surface area contributed by atoms with Crippen LogP contribution in [0.3, 0.4) is 0 Å². The summed E-state index contributed by atoms with van der Waals surface area (Å²) in [6, 6.07) is 0. The molecule has 0 amide bonds. The van der Waals surface area contributed by atoms with Crippen LogP contribution in [0.1, 0.15) is 71.0 Å². The van der Waals surface area contributed by atoms with E-state index in [0.29, 0.717) is 22.7 Å². The molecule has 12 heteroatoms. The van der Waals surface area contributed by atoms with Crippen molar-refractivity contribution in [2.75, 3.05) is 0 Å². The number of Topliss-reactive ketones (excluding diaryl/α,β-unsaturated/α-hetero) is 1. The number of hydrogen-bond donors (Lipinski definition) is 3. The van der Waals surface area contributed by atoms with Crippen molar-refractivity contribution in [2.24, 2.45) is 29.1 Å². The van der Waals surface area contributed by atoms with Crippen LogP contribution in [0.2, 0.25) is 0 Å². The van der Waals surface area contributed by atoms with Crippen LogP contribution in [0.5, 0.6) is 0 Å². The second-order valence-electron chi connectivity index (χ2n) is 12.2. The van der Waals surface area contributed by atoms with Crippen LogP contribution >= 0.6 is 11.3 Å². The molecule has 4 rings (SSSR count). The molecular formula is C28H38F3NO7S. The third kappa shape index (κ3) is 6.01. The largest absolute Gasteiger partial charge is 0.458 e. The van der Waals surface area contributed by atoms with Crippen LogP contribution in [-0.4, -0.2) is 68.2 Å². The molecule has 0 aromatic carbocycles. The number of hydrogen-bond acceptors (Lipinski definition) is 9.